The van der Waals surface area contributed by atoms with Gasteiger partial charge in [-0.05, 0) is 47.6 Å². The van der Waals surface area contributed by atoms with Crippen LogP contribution < -0.4 is 15.4 Å². The maximum absolute atomic E-state index is 14.1. The van der Waals surface area contributed by atoms with Crippen molar-refractivity contribution in [1.82, 2.24) is 10.6 Å². The standard InChI is InChI=1S/C26H19BrN2O3S/c1-31-24-18-9-5-6-10-19(18)32-25(24)23(30)20-21(15-7-3-2-4-8-15)28-26(33)29-22(20)16-11-13-17(27)14-12-16/h2-14,22H,1H3,(H2,28,29,33). The molecule has 4 aromatic rings. The summed E-state index contributed by atoms with van der Waals surface area (Å²) in [5.41, 5.74) is 3.47. The van der Waals surface area contributed by atoms with E-state index in [-0.39, 0.29) is 11.5 Å². The molecule has 1 aliphatic heterocycles. The summed E-state index contributed by atoms with van der Waals surface area (Å²) < 4.78 is 12.6. The monoisotopic (exact) mass is 518 g/mol. The number of methoxy groups -OCH3 is 1. The predicted molar refractivity (Wildman–Crippen MR) is 136 cm³/mol. The van der Waals surface area contributed by atoms with Crippen LogP contribution >= 0.6 is 28.1 Å². The van der Waals surface area contributed by atoms with Gasteiger partial charge in [0.2, 0.25) is 11.5 Å². The molecule has 0 saturated carbocycles. The first-order chi connectivity index (χ1) is 16.1. The number of para-hydroxylation sites is 1. The zero-order valence-corrected chi connectivity index (χ0v) is 20.0. The smallest absolute Gasteiger partial charge is 0.232 e. The second-order valence-corrected chi connectivity index (χ2v) is 8.85. The summed E-state index contributed by atoms with van der Waals surface area (Å²) in [4.78, 5) is 14.1. The highest BCUT2D eigenvalue weighted by molar-refractivity contribution is 9.10. The number of benzene rings is 3. The van der Waals surface area contributed by atoms with Crippen molar-refractivity contribution in [3.8, 4) is 5.75 Å². The average Bonchev–Trinajstić information content (AvgIpc) is 3.23. The van der Waals surface area contributed by atoms with Crippen molar-refractivity contribution in [3.05, 3.63) is 106 Å². The van der Waals surface area contributed by atoms with Crippen LogP contribution in [0.2, 0.25) is 0 Å². The predicted octanol–water partition coefficient (Wildman–Crippen LogP) is 6.02. The van der Waals surface area contributed by atoms with Gasteiger partial charge in [-0.1, -0.05) is 70.5 Å². The Labute approximate surface area is 204 Å². The van der Waals surface area contributed by atoms with Gasteiger partial charge in [-0.15, -0.1) is 0 Å². The van der Waals surface area contributed by atoms with E-state index in [1.54, 1.807) is 7.11 Å². The summed E-state index contributed by atoms with van der Waals surface area (Å²) >= 11 is 9.00. The second kappa shape index (κ2) is 8.84. The number of halogens is 1. The van der Waals surface area contributed by atoms with Gasteiger partial charge in [0, 0.05) is 4.47 Å². The molecule has 1 aromatic heterocycles. The second-order valence-electron chi connectivity index (χ2n) is 7.53. The van der Waals surface area contributed by atoms with E-state index in [9.17, 15) is 4.79 Å². The number of ketones is 1. The molecule has 0 radical (unpaired) electrons. The van der Waals surface area contributed by atoms with Crippen molar-refractivity contribution in [2.24, 2.45) is 0 Å². The normalized spacial score (nSPS) is 15.8. The van der Waals surface area contributed by atoms with Crippen molar-refractivity contribution >= 4 is 55.7 Å². The van der Waals surface area contributed by atoms with Gasteiger partial charge < -0.3 is 19.8 Å². The van der Waals surface area contributed by atoms with Crippen molar-refractivity contribution in [2.45, 2.75) is 6.04 Å². The van der Waals surface area contributed by atoms with Gasteiger partial charge in [-0.2, -0.15) is 0 Å². The van der Waals surface area contributed by atoms with Crippen molar-refractivity contribution in [3.63, 3.8) is 0 Å². The van der Waals surface area contributed by atoms with E-state index in [4.69, 9.17) is 21.4 Å². The number of carbonyl (C=O) groups is 1. The number of thiocarbonyl (C=S) groups is 1. The Kier molecular flexibility index (Phi) is 5.74. The summed E-state index contributed by atoms with van der Waals surface area (Å²) in [5, 5.41) is 7.66. The van der Waals surface area contributed by atoms with Crippen LogP contribution in [0, 0.1) is 0 Å². The van der Waals surface area contributed by atoms with Gasteiger partial charge in [-0.3, -0.25) is 4.79 Å². The fourth-order valence-corrected chi connectivity index (χ4v) is 4.53. The topological polar surface area (TPSA) is 63.5 Å². The number of rotatable bonds is 5. The Morgan fingerprint density at radius 3 is 2.42 bits per heavy atom. The molecule has 1 unspecified atom stereocenters. The molecule has 5 rings (SSSR count). The molecule has 5 nitrogen and oxygen atoms in total. The number of hydrogen-bond acceptors (Lipinski definition) is 4. The molecule has 1 atom stereocenters. The maximum Gasteiger partial charge on any atom is 0.232 e. The highest BCUT2D eigenvalue weighted by atomic mass is 79.9. The molecule has 164 valence electrons. The van der Waals surface area contributed by atoms with Gasteiger partial charge >= 0.3 is 0 Å². The van der Waals surface area contributed by atoms with Crippen molar-refractivity contribution < 1.29 is 13.9 Å². The number of furan rings is 1. The summed E-state index contributed by atoms with van der Waals surface area (Å²) in [6, 6.07) is 24.4. The first-order valence-electron chi connectivity index (χ1n) is 10.3. The molecule has 33 heavy (non-hydrogen) atoms. The van der Waals surface area contributed by atoms with E-state index in [0.717, 1.165) is 21.0 Å². The van der Waals surface area contributed by atoms with Gasteiger partial charge in [0.1, 0.15) is 5.58 Å². The summed E-state index contributed by atoms with van der Waals surface area (Å²) in [6.07, 6.45) is 0. The fraction of sp³-hybridized carbons (Fsp3) is 0.0769. The molecule has 1 aliphatic rings. The van der Waals surface area contributed by atoms with Crippen LogP contribution in [0.1, 0.15) is 27.7 Å². The SMILES string of the molecule is COc1c(C(=O)C2=C(c3ccccc3)NC(=S)NC2c2ccc(Br)cc2)oc2ccccc12. The molecular formula is C26H19BrN2O3S. The summed E-state index contributed by atoms with van der Waals surface area (Å²) in [6.45, 7) is 0. The van der Waals surface area contributed by atoms with E-state index in [2.05, 4.69) is 26.6 Å². The van der Waals surface area contributed by atoms with E-state index in [0.29, 0.717) is 27.7 Å². The largest absolute Gasteiger partial charge is 0.492 e. The van der Waals surface area contributed by atoms with Crippen molar-refractivity contribution in [1.29, 1.82) is 0 Å². The van der Waals surface area contributed by atoms with Crippen LogP contribution in [0.15, 0.2) is 93.3 Å². The lowest BCUT2D eigenvalue weighted by molar-refractivity contribution is 0.0995. The Morgan fingerprint density at radius 2 is 1.70 bits per heavy atom. The Morgan fingerprint density at radius 1 is 1.00 bits per heavy atom. The molecule has 2 N–H and O–H groups in total. The minimum absolute atomic E-state index is 0.153. The minimum Gasteiger partial charge on any atom is -0.492 e. The zero-order valence-electron chi connectivity index (χ0n) is 17.6. The molecule has 3 aromatic carbocycles. The third-order valence-electron chi connectivity index (χ3n) is 5.54. The van der Waals surface area contributed by atoms with E-state index >= 15 is 0 Å². The molecule has 0 fully saturated rings. The number of carbonyl (C=O) groups excluding carboxylic acids is 1. The lowest BCUT2D eigenvalue weighted by Crippen LogP contribution is -2.44. The molecule has 7 heteroatoms. The van der Waals surface area contributed by atoms with Gasteiger partial charge in [0.15, 0.2) is 10.9 Å². The van der Waals surface area contributed by atoms with Crippen LogP contribution in [0.3, 0.4) is 0 Å². The number of ether oxygens (including phenoxy) is 1. The Bertz CT molecular complexity index is 1390. The number of Topliss-reactive ketones (excluding diaryl/α,β-unsaturated/α-hetero) is 1. The zero-order chi connectivity index (χ0) is 22.9. The first kappa shape index (κ1) is 21.4. The molecule has 0 bridgehead atoms. The number of fused-ring (bicyclic) bond motifs is 1. The van der Waals surface area contributed by atoms with Gasteiger partial charge in [-0.25, -0.2) is 0 Å². The number of nitrogens with one attached hydrogen (secondary N) is 2. The summed E-state index contributed by atoms with van der Waals surface area (Å²) in [5.74, 6) is 0.288. The van der Waals surface area contributed by atoms with Crippen LogP contribution in [0.25, 0.3) is 16.7 Å². The quantitative estimate of drug-likeness (QED) is 0.249. The van der Waals surface area contributed by atoms with Gasteiger partial charge in [0.05, 0.1) is 29.8 Å². The fourth-order valence-electron chi connectivity index (χ4n) is 4.04. The third kappa shape index (κ3) is 3.94. The molecular weight excluding hydrogens is 500 g/mol. The molecule has 0 spiro atoms. The first-order valence-corrected chi connectivity index (χ1v) is 11.5. The third-order valence-corrected chi connectivity index (χ3v) is 6.29. The average molecular weight is 519 g/mol. The highest BCUT2D eigenvalue weighted by Gasteiger charge is 2.36. The number of hydrogen-bond donors (Lipinski definition) is 2. The van der Waals surface area contributed by atoms with E-state index in [1.807, 2.05) is 78.9 Å². The van der Waals surface area contributed by atoms with Crippen LogP contribution in [0.5, 0.6) is 5.75 Å². The Hall–Kier alpha value is -3.42. The molecule has 0 saturated heterocycles. The molecule has 0 aliphatic carbocycles. The molecule has 0 amide bonds. The minimum atomic E-state index is -0.479. The van der Waals surface area contributed by atoms with E-state index in [1.165, 1.54) is 0 Å². The van der Waals surface area contributed by atoms with E-state index < -0.39 is 6.04 Å². The highest BCUT2D eigenvalue weighted by Crippen LogP contribution is 2.39. The van der Waals surface area contributed by atoms with Gasteiger partial charge in [0.25, 0.3) is 0 Å². The Balaban J connectivity index is 1.75. The maximum atomic E-state index is 14.1. The lowest BCUT2D eigenvalue weighted by atomic mass is 9.89. The lowest BCUT2D eigenvalue weighted by Gasteiger charge is -2.31. The summed E-state index contributed by atoms with van der Waals surface area (Å²) in [7, 11) is 1.54. The van der Waals surface area contributed by atoms with Crippen LogP contribution in [-0.4, -0.2) is 18.0 Å². The van der Waals surface area contributed by atoms with Crippen LogP contribution in [0.4, 0.5) is 0 Å². The molecule has 2 heterocycles. The van der Waals surface area contributed by atoms with Crippen LogP contribution in [-0.2, 0) is 0 Å². The van der Waals surface area contributed by atoms with Crippen molar-refractivity contribution in [2.75, 3.05) is 7.11 Å².